The van der Waals surface area contributed by atoms with Crippen LogP contribution in [0.2, 0.25) is 0 Å². The van der Waals surface area contributed by atoms with Gasteiger partial charge in [-0.1, -0.05) is 15.9 Å². The predicted octanol–water partition coefficient (Wildman–Crippen LogP) is -0.315. The largest absolute Gasteiger partial charge is 0.368 e. The monoisotopic (exact) mass is 314 g/mol. The van der Waals surface area contributed by atoms with Gasteiger partial charge in [0, 0.05) is 16.7 Å². The molecular weight excluding hydrogens is 300 g/mol. The Kier molecular flexibility index (Phi) is 5.11. The number of anilines is 1. The van der Waals surface area contributed by atoms with Crippen molar-refractivity contribution in [2.75, 3.05) is 18.0 Å². The van der Waals surface area contributed by atoms with E-state index in [0.717, 1.165) is 10.0 Å². The smallest absolute Gasteiger partial charge is 0.236 e. The van der Waals surface area contributed by atoms with Crippen LogP contribution in [-0.2, 0) is 16.1 Å². The van der Waals surface area contributed by atoms with Crippen LogP contribution in [0.1, 0.15) is 5.56 Å². The van der Waals surface area contributed by atoms with Crippen LogP contribution in [0, 0.1) is 0 Å². The second-order valence-corrected chi connectivity index (χ2v) is 4.68. The molecule has 0 saturated carbocycles. The second kappa shape index (κ2) is 6.36. The number of nitrogens with two attached hydrogens (primary N) is 3. The molecule has 6 nitrogen and oxygen atoms in total. The van der Waals surface area contributed by atoms with Gasteiger partial charge in [0.25, 0.3) is 0 Å². The van der Waals surface area contributed by atoms with Gasteiger partial charge >= 0.3 is 0 Å². The molecule has 0 saturated heterocycles. The average Bonchev–Trinajstić information content (AvgIpc) is 2.26. The minimum atomic E-state index is -0.540. The maximum atomic E-state index is 11.0. The zero-order valence-electron chi connectivity index (χ0n) is 9.73. The maximum absolute atomic E-state index is 11.0. The van der Waals surface area contributed by atoms with Crippen LogP contribution >= 0.6 is 15.9 Å². The van der Waals surface area contributed by atoms with Crippen molar-refractivity contribution < 1.29 is 9.59 Å². The maximum Gasteiger partial charge on any atom is 0.236 e. The molecule has 0 radical (unpaired) electrons. The summed E-state index contributed by atoms with van der Waals surface area (Å²) in [5.74, 6) is -1.08. The summed E-state index contributed by atoms with van der Waals surface area (Å²) in [5.41, 5.74) is 17.4. The van der Waals surface area contributed by atoms with Crippen molar-refractivity contribution in [2.45, 2.75) is 6.54 Å². The van der Waals surface area contributed by atoms with E-state index in [-0.39, 0.29) is 19.6 Å². The molecule has 0 fully saturated rings. The molecule has 0 atom stereocenters. The van der Waals surface area contributed by atoms with Gasteiger partial charge in [-0.15, -0.1) is 0 Å². The number of carbonyl (C=O) groups is 2. The molecule has 6 N–H and O–H groups in total. The van der Waals surface area contributed by atoms with Crippen molar-refractivity contribution in [3.63, 3.8) is 0 Å². The fourth-order valence-corrected chi connectivity index (χ4v) is 2.04. The molecular formula is C11H15BrN4O2. The lowest BCUT2D eigenvalue weighted by atomic mass is 10.1. The van der Waals surface area contributed by atoms with Crippen molar-refractivity contribution in [3.8, 4) is 0 Å². The van der Waals surface area contributed by atoms with E-state index < -0.39 is 11.8 Å². The summed E-state index contributed by atoms with van der Waals surface area (Å²) in [7, 11) is 0. The van der Waals surface area contributed by atoms with Crippen LogP contribution in [0.15, 0.2) is 22.7 Å². The van der Waals surface area contributed by atoms with Crippen LogP contribution in [0.5, 0.6) is 0 Å². The Bertz CT molecular complexity index is 448. The number of amides is 2. The fourth-order valence-electron chi connectivity index (χ4n) is 1.63. The highest BCUT2D eigenvalue weighted by molar-refractivity contribution is 9.10. The van der Waals surface area contributed by atoms with Crippen molar-refractivity contribution in [2.24, 2.45) is 17.2 Å². The summed E-state index contributed by atoms with van der Waals surface area (Å²) in [6.45, 7) is 0.109. The number of carbonyl (C=O) groups excluding carboxylic acids is 2. The van der Waals surface area contributed by atoms with E-state index in [1.54, 1.807) is 12.1 Å². The number of halogens is 1. The minimum absolute atomic E-state index is 0.0857. The zero-order valence-corrected chi connectivity index (χ0v) is 11.3. The molecule has 0 aliphatic carbocycles. The Morgan fingerprint density at radius 2 is 1.72 bits per heavy atom. The van der Waals surface area contributed by atoms with Gasteiger partial charge < -0.3 is 22.1 Å². The van der Waals surface area contributed by atoms with E-state index in [9.17, 15) is 9.59 Å². The lowest BCUT2D eigenvalue weighted by Gasteiger charge is -2.24. The molecule has 0 spiro atoms. The summed E-state index contributed by atoms with van der Waals surface area (Å²) in [5, 5.41) is 0. The molecule has 0 aromatic heterocycles. The van der Waals surface area contributed by atoms with Crippen LogP contribution in [0.4, 0.5) is 5.69 Å². The Hall–Kier alpha value is -1.60. The van der Waals surface area contributed by atoms with Crippen LogP contribution in [0.3, 0.4) is 0 Å². The first-order valence-electron chi connectivity index (χ1n) is 5.24. The van der Waals surface area contributed by atoms with Gasteiger partial charge in [0.05, 0.1) is 13.1 Å². The van der Waals surface area contributed by atoms with Crippen LogP contribution in [0.25, 0.3) is 0 Å². The lowest BCUT2D eigenvalue weighted by molar-refractivity contribution is -0.117. The number of rotatable bonds is 6. The van der Waals surface area contributed by atoms with Gasteiger partial charge in [0.1, 0.15) is 0 Å². The topological polar surface area (TPSA) is 115 Å². The van der Waals surface area contributed by atoms with Crippen molar-refractivity contribution >= 4 is 33.4 Å². The first kappa shape index (κ1) is 14.5. The molecule has 98 valence electrons. The standard InChI is InChI=1S/C11H15BrN4O2/c12-8-1-2-9(7(3-8)4-13)16(5-10(14)17)6-11(15)18/h1-3H,4-6,13H2,(H2,14,17)(H2,15,18). The summed E-state index contributed by atoms with van der Waals surface area (Å²) in [6.07, 6.45) is 0. The molecule has 0 aliphatic rings. The number of hydrogen-bond donors (Lipinski definition) is 3. The molecule has 18 heavy (non-hydrogen) atoms. The quantitative estimate of drug-likeness (QED) is 0.667. The highest BCUT2D eigenvalue weighted by atomic mass is 79.9. The summed E-state index contributed by atoms with van der Waals surface area (Å²) >= 11 is 3.33. The van der Waals surface area contributed by atoms with E-state index in [2.05, 4.69) is 15.9 Å². The molecule has 2 amide bonds. The number of benzene rings is 1. The van der Waals surface area contributed by atoms with E-state index in [0.29, 0.717) is 5.69 Å². The summed E-state index contributed by atoms with van der Waals surface area (Å²) < 4.78 is 0.866. The fraction of sp³-hybridized carbons (Fsp3) is 0.273. The highest BCUT2D eigenvalue weighted by Crippen LogP contribution is 2.24. The molecule has 0 aliphatic heterocycles. The molecule has 1 aromatic rings. The molecule has 7 heteroatoms. The first-order chi connectivity index (χ1) is 8.43. The molecule has 0 heterocycles. The van der Waals surface area contributed by atoms with Gasteiger partial charge in [-0.2, -0.15) is 0 Å². The van der Waals surface area contributed by atoms with Crippen molar-refractivity contribution in [1.82, 2.24) is 0 Å². The first-order valence-corrected chi connectivity index (χ1v) is 6.03. The lowest BCUT2D eigenvalue weighted by Crippen LogP contribution is -2.40. The molecule has 0 bridgehead atoms. The summed E-state index contributed by atoms with van der Waals surface area (Å²) in [6, 6.07) is 5.38. The van der Waals surface area contributed by atoms with E-state index in [4.69, 9.17) is 17.2 Å². The predicted molar refractivity (Wildman–Crippen MR) is 72.6 cm³/mol. The van der Waals surface area contributed by atoms with Gasteiger partial charge in [-0.3, -0.25) is 9.59 Å². The Morgan fingerprint density at radius 3 is 2.17 bits per heavy atom. The van der Waals surface area contributed by atoms with Crippen molar-refractivity contribution in [3.05, 3.63) is 28.2 Å². The second-order valence-electron chi connectivity index (χ2n) is 3.77. The minimum Gasteiger partial charge on any atom is -0.368 e. The van der Waals surface area contributed by atoms with E-state index >= 15 is 0 Å². The third kappa shape index (κ3) is 4.01. The number of primary amides is 2. The van der Waals surface area contributed by atoms with Gasteiger partial charge in [0.2, 0.25) is 11.8 Å². The van der Waals surface area contributed by atoms with Crippen LogP contribution < -0.4 is 22.1 Å². The van der Waals surface area contributed by atoms with E-state index in [1.807, 2.05) is 6.07 Å². The summed E-state index contributed by atoms with van der Waals surface area (Å²) in [4.78, 5) is 23.6. The number of hydrogen-bond acceptors (Lipinski definition) is 4. The van der Waals surface area contributed by atoms with Crippen LogP contribution in [-0.4, -0.2) is 24.9 Å². The molecule has 1 aromatic carbocycles. The number of nitrogens with zero attached hydrogens (tertiary/aromatic N) is 1. The molecule has 0 unspecified atom stereocenters. The van der Waals surface area contributed by atoms with Gasteiger partial charge in [0.15, 0.2) is 0 Å². The molecule has 1 rings (SSSR count). The highest BCUT2D eigenvalue weighted by Gasteiger charge is 2.15. The third-order valence-corrected chi connectivity index (χ3v) is 2.79. The van der Waals surface area contributed by atoms with Gasteiger partial charge in [-0.05, 0) is 23.8 Å². The van der Waals surface area contributed by atoms with Gasteiger partial charge in [-0.25, -0.2) is 0 Å². The Morgan fingerprint density at radius 1 is 1.17 bits per heavy atom. The zero-order chi connectivity index (χ0) is 13.7. The SMILES string of the molecule is NCc1cc(Br)ccc1N(CC(N)=O)CC(N)=O. The van der Waals surface area contributed by atoms with Crippen molar-refractivity contribution in [1.29, 1.82) is 0 Å². The Labute approximate surface area is 113 Å². The normalized spacial score (nSPS) is 10.1. The third-order valence-electron chi connectivity index (χ3n) is 2.30. The average molecular weight is 315 g/mol. The van der Waals surface area contributed by atoms with E-state index in [1.165, 1.54) is 4.90 Å². The Balaban J connectivity index is 3.10.